The van der Waals surface area contributed by atoms with E-state index in [-0.39, 0.29) is 40.6 Å². The summed E-state index contributed by atoms with van der Waals surface area (Å²) in [7, 11) is 0. The number of nitro groups is 2. The molecule has 4 aromatic heterocycles. The molecule has 0 fully saturated rings. The smallest absolute Gasteiger partial charge is 0.336 e. The molecule has 3 aliphatic heterocycles. The lowest BCUT2D eigenvalue weighted by atomic mass is 9.79. The molecule has 0 spiro atoms. The lowest BCUT2D eigenvalue weighted by Gasteiger charge is -2.30. The Balaban J connectivity index is 0.000000104. The first kappa shape index (κ1) is 78.1. The zero-order chi connectivity index (χ0) is 86.0. The number of aliphatic imine (C=N–C) groups is 3. The number of halogens is 3. The molecule has 4 unspecified atom stereocenters. The second-order valence-corrected chi connectivity index (χ2v) is 34.2. The van der Waals surface area contributed by atoms with Gasteiger partial charge in [-0.3, -0.25) is 40.0 Å². The molecule has 1 amide bonds. The summed E-state index contributed by atoms with van der Waals surface area (Å²) in [5.41, 5.74) is 41.4. The minimum atomic E-state index is -1.15. The number of aromatic amines is 4. The monoisotopic (exact) mass is 1840 g/mol. The summed E-state index contributed by atoms with van der Waals surface area (Å²) >= 11 is 10.7. The molecule has 19 aromatic rings. The lowest BCUT2D eigenvalue weighted by Crippen LogP contribution is -2.27. The van der Waals surface area contributed by atoms with Crippen LogP contribution in [0.5, 0.6) is 0 Å². The minimum absolute atomic E-state index is 0.0101. The van der Waals surface area contributed by atoms with Crippen LogP contribution in [0.25, 0.3) is 120 Å². The standard InChI is InChI=1S/C31H19BrN4O3.C23H14BrN5O4.C23H18BrN5.C23H18N2/c32-16-9-12-26-23(13-16)25(15-33-26)29-35-27-20-6-2-1-5-18(20)19-11-10-17(14-24(19)28(27)36-29)34-30(37)21-7-3-4-8-22(21)31(38)39;24-11-1-6-20-16(7-11)19(10-25-20)23-26-21-17-8-12(28(30)31)2-4-14(17)15-5-3-13(29(32)33)9-18(15)22(21)27-23;24-11-1-6-20-16(7-11)19(10-27-20)23-28-21-17-8-12(25)2-4-14(17)15-5-3-13(26)9-18(15)22(21)29-23;24-14-15-6-5-7-16(12-15)22-13-21-19-10-2-1-8-17(19)18-9-3-4-11-20(18)23(21)25-22/h1-15,33H,(H,34,37)(H,35,36)(H,38,39);1-10,21-22,25H,(H,26,27);1-10,21-22,27H,25-26H2,(H,28,29);1-12H,13-14,24H2. The summed E-state index contributed by atoms with van der Waals surface area (Å²) in [6, 6.07) is 84.6. The van der Waals surface area contributed by atoms with Crippen LogP contribution in [0.15, 0.2) is 314 Å². The molecule has 0 saturated carbocycles. The Morgan fingerprint density at radius 1 is 0.460 bits per heavy atom. The molecule has 23 nitrogen and oxygen atoms in total. The number of carboxylic acids is 1. The van der Waals surface area contributed by atoms with Gasteiger partial charge in [0.25, 0.3) is 17.3 Å². The first-order valence-corrected chi connectivity index (χ1v) is 42.8. The number of hydrogen-bond donors (Lipinski definition) is 11. The van der Waals surface area contributed by atoms with E-state index in [0.717, 1.165) is 170 Å². The molecular formula is C100H69Br3N16O7. The SMILES string of the molecule is NCc1cccc(C2=Nc3c(c4ccccc4c4ccccc34)C2)c1.Nc1ccc2c(c1)C1N=C(c3c[nH]c4ccc(Br)cc34)NC1c1cc(N)ccc1-2.O=C(O)c1ccccc1C(=O)Nc1ccc2c3ccccc3c3nc(-c4c[nH]c5ccc(Br)cc45)[nH]c3c2c1.O=[N+]([O-])c1ccc2c(c1)C1N=C(c3c[nH]c4ccc(Br)cc34)NC1c1cc([N+](=O)[O-])ccc1-2. The molecule has 0 bridgehead atoms. The summed E-state index contributed by atoms with van der Waals surface area (Å²) in [6.07, 6.45) is 6.70. The van der Waals surface area contributed by atoms with Gasteiger partial charge in [-0.1, -0.05) is 169 Å². The molecule has 612 valence electrons. The normalized spacial score (nSPS) is 15.4. The van der Waals surface area contributed by atoms with Gasteiger partial charge in [0.15, 0.2) is 0 Å². The van der Waals surface area contributed by atoms with Gasteiger partial charge in [0.05, 0.1) is 55.5 Å². The number of nitrogen functional groups attached to an aromatic ring is 2. The third kappa shape index (κ3) is 13.7. The highest BCUT2D eigenvalue weighted by atomic mass is 79.9. The van der Waals surface area contributed by atoms with E-state index in [2.05, 4.69) is 205 Å². The number of nitrogens with zero attached hydrogens (tertiary/aromatic N) is 6. The Bertz CT molecular complexity index is 8000. The van der Waals surface area contributed by atoms with Crippen LogP contribution in [0.3, 0.4) is 0 Å². The predicted molar refractivity (Wildman–Crippen MR) is 511 cm³/mol. The number of aromatic carboxylic acids is 1. The van der Waals surface area contributed by atoms with Gasteiger partial charge in [0.2, 0.25) is 0 Å². The summed E-state index contributed by atoms with van der Waals surface area (Å²) in [4.78, 5) is 80.3. The molecule has 15 aromatic carbocycles. The van der Waals surface area contributed by atoms with Crippen molar-refractivity contribution < 1.29 is 24.5 Å². The van der Waals surface area contributed by atoms with Crippen molar-refractivity contribution in [2.24, 2.45) is 20.7 Å². The van der Waals surface area contributed by atoms with Crippen LogP contribution >= 0.6 is 47.8 Å². The van der Waals surface area contributed by atoms with Crippen molar-refractivity contribution in [3.05, 3.63) is 380 Å². The quantitative estimate of drug-likeness (QED) is 0.0263. The molecular weight excluding hydrogens is 1780 g/mol. The maximum Gasteiger partial charge on any atom is 0.336 e. The number of nitro benzene ring substituents is 2. The van der Waals surface area contributed by atoms with Crippen molar-refractivity contribution in [1.82, 2.24) is 35.6 Å². The number of nitrogens with one attached hydrogen (secondary N) is 7. The average molecular weight is 1850 g/mol. The van der Waals surface area contributed by atoms with Crippen molar-refractivity contribution in [2.75, 3.05) is 16.8 Å². The first-order chi connectivity index (χ1) is 61.3. The van der Waals surface area contributed by atoms with E-state index in [1.165, 1.54) is 73.6 Å². The maximum absolute atomic E-state index is 13.1. The van der Waals surface area contributed by atoms with E-state index in [4.69, 9.17) is 37.2 Å². The number of imidazole rings is 1. The van der Waals surface area contributed by atoms with Crippen LogP contribution in [0.2, 0.25) is 0 Å². The van der Waals surface area contributed by atoms with Gasteiger partial charge in [0, 0.05) is 152 Å². The summed E-state index contributed by atoms with van der Waals surface area (Å²) in [5, 5.41) is 54.6. The molecule has 126 heavy (non-hydrogen) atoms. The molecule has 0 radical (unpaired) electrons. The van der Waals surface area contributed by atoms with Gasteiger partial charge in [-0.15, -0.1) is 0 Å². The Kier molecular flexibility index (Phi) is 19.4. The molecule has 7 heterocycles. The number of amides is 1. The highest BCUT2D eigenvalue weighted by Crippen LogP contribution is 2.53. The number of benzene rings is 15. The average Bonchev–Trinajstić information content (AvgIpc) is 1.60. The van der Waals surface area contributed by atoms with E-state index in [0.29, 0.717) is 18.1 Å². The van der Waals surface area contributed by atoms with Crippen LogP contribution in [0.4, 0.5) is 34.1 Å². The number of carboxylic acid groups (broad SMARTS) is 1. The third-order valence-corrected chi connectivity index (χ3v) is 25.7. The van der Waals surface area contributed by atoms with E-state index < -0.39 is 27.8 Å². The molecule has 26 heteroatoms. The Labute approximate surface area is 741 Å². The number of aromatic nitrogens is 5. The van der Waals surface area contributed by atoms with E-state index >= 15 is 0 Å². The van der Waals surface area contributed by atoms with Crippen molar-refractivity contribution >= 4 is 198 Å². The fourth-order valence-corrected chi connectivity index (χ4v) is 19.5. The zero-order valence-corrected chi connectivity index (χ0v) is 71.1. The summed E-state index contributed by atoms with van der Waals surface area (Å²) < 4.78 is 2.94. The minimum Gasteiger partial charge on any atom is -0.478 e. The number of non-ortho nitro benzene ring substituents is 2. The number of carbonyl (C=O) groups is 2. The number of anilines is 3. The largest absolute Gasteiger partial charge is 0.478 e. The Morgan fingerprint density at radius 3 is 1.52 bits per heavy atom. The topological polar surface area (TPSA) is 368 Å². The number of fused-ring (bicyclic) bond motifs is 27. The Hall–Kier alpha value is -15.2. The number of nitrogens with two attached hydrogens (primary N) is 3. The molecule has 2 aliphatic carbocycles. The number of amidine groups is 2. The predicted octanol–water partition coefficient (Wildman–Crippen LogP) is 23.3. The molecule has 24 rings (SSSR count). The first-order valence-electron chi connectivity index (χ1n) is 40.4. The fraction of sp³-hybridized carbons (Fsp3) is 0.0600. The number of rotatable bonds is 10. The lowest BCUT2D eigenvalue weighted by molar-refractivity contribution is -0.385. The molecule has 5 aliphatic rings. The van der Waals surface area contributed by atoms with Crippen LogP contribution < -0.4 is 33.2 Å². The highest BCUT2D eigenvalue weighted by Gasteiger charge is 2.42. The number of hydrogen-bond acceptors (Lipinski definition) is 15. The van der Waals surface area contributed by atoms with Crippen molar-refractivity contribution in [2.45, 2.75) is 37.1 Å². The van der Waals surface area contributed by atoms with Gasteiger partial charge in [-0.05, 0) is 209 Å². The molecule has 0 saturated heterocycles. The van der Waals surface area contributed by atoms with Crippen molar-refractivity contribution in [1.29, 1.82) is 0 Å². The maximum atomic E-state index is 13.1. The van der Waals surface area contributed by atoms with E-state index in [9.17, 15) is 34.9 Å². The van der Waals surface area contributed by atoms with Crippen LogP contribution in [0.1, 0.15) is 95.0 Å². The van der Waals surface area contributed by atoms with E-state index in [1.54, 1.807) is 36.4 Å². The van der Waals surface area contributed by atoms with Crippen molar-refractivity contribution in [3.63, 3.8) is 0 Å². The van der Waals surface area contributed by atoms with Gasteiger partial charge in [0.1, 0.15) is 29.6 Å². The number of H-pyrrole nitrogens is 4. The van der Waals surface area contributed by atoms with Gasteiger partial charge in [-0.2, -0.15) is 0 Å². The van der Waals surface area contributed by atoms with Gasteiger partial charge in [-0.25, -0.2) is 9.78 Å². The zero-order valence-electron chi connectivity index (χ0n) is 66.3. The molecule has 4 atom stereocenters. The Morgan fingerprint density at radius 2 is 0.937 bits per heavy atom. The van der Waals surface area contributed by atoms with Crippen LogP contribution in [0, 0.1) is 20.2 Å². The van der Waals surface area contributed by atoms with E-state index in [1.807, 2.05) is 104 Å². The number of carbonyl (C=O) groups excluding carboxylic acids is 1. The summed E-state index contributed by atoms with van der Waals surface area (Å²) in [6.45, 7) is 0.555. The summed E-state index contributed by atoms with van der Waals surface area (Å²) in [5.74, 6) is 0.608. The second-order valence-electron chi connectivity index (χ2n) is 31.5. The molecule has 14 N–H and O–H groups in total. The van der Waals surface area contributed by atoms with Gasteiger partial charge >= 0.3 is 5.97 Å². The fourth-order valence-electron chi connectivity index (χ4n) is 18.4. The van der Waals surface area contributed by atoms with Gasteiger partial charge < -0.3 is 58.2 Å². The van der Waals surface area contributed by atoms with Crippen LogP contribution in [-0.4, -0.2) is 69.1 Å². The highest BCUT2D eigenvalue weighted by molar-refractivity contribution is 9.11. The third-order valence-electron chi connectivity index (χ3n) is 24.2. The second kappa shape index (κ2) is 31.3. The van der Waals surface area contributed by atoms with Crippen LogP contribution in [-0.2, 0) is 13.0 Å². The van der Waals surface area contributed by atoms with Crippen molar-refractivity contribution in [3.8, 4) is 33.6 Å².